The molecule has 0 radical (unpaired) electrons. The molecule has 0 bridgehead atoms. The number of amides is 1. The number of hydrogen-bond donors (Lipinski definition) is 1. The minimum atomic E-state index is -0.193. The SMILES string of the molecule is Cc1ccc(OCC(=O)NCc2cc(-c3nn(C)c(=O)c4ccccc34)ccc2C)cc1. The van der Waals surface area contributed by atoms with Crippen LogP contribution >= 0.6 is 0 Å². The van der Waals surface area contributed by atoms with Crippen LogP contribution in [0.4, 0.5) is 0 Å². The number of hydrogen-bond acceptors (Lipinski definition) is 4. The zero-order valence-corrected chi connectivity index (χ0v) is 18.4. The van der Waals surface area contributed by atoms with Gasteiger partial charge in [0.25, 0.3) is 11.5 Å². The molecule has 0 saturated carbocycles. The molecule has 162 valence electrons. The van der Waals surface area contributed by atoms with E-state index in [0.717, 1.165) is 33.3 Å². The number of benzene rings is 3. The third kappa shape index (κ3) is 4.54. The normalized spacial score (nSPS) is 10.8. The van der Waals surface area contributed by atoms with E-state index in [1.54, 1.807) is 7.05 Å². The molecule has 0 unspecified atom stereocenters. The molecule has 4 rings (SSSR count). The van der Waals surface area contributed by atoms with Gasteiger partial charge < -0.3 is 10.1 Å². The van der Waals surface area contributed by atoms with Crippen LogP contribution in [-0.2, 0) is 18.4 Å². The maximum atomic E-state index is 12.4. The molecule has 32 heavy (non-hydrogen) atoms. The Balaban J connectivity index is 1.52. The van der Waals surface area contributed by atoms with Crippen molar-refractivity contribution in [1.82, 2.24) is 15.1 Å². The molecule has 1 amide bonds. The van der Waals surface area contributed by atoms with Crippen LogP contribution in [0.3, 0.4) is 0 Å². The maximum absolute atomic E-state index is 12.4. The van der Waals surface area contributed by atoms with Gasteiger partial charge >= 0.3 is 0 Å². The van der Waals surface area contributed by atoms with Crippen molar-refractivity contribution in [2.45, 2.75) is 20.4 Å². The van der Waals surface area contributed by atoms with Gasteiger partial charge in [0.05, 0.1) is 11.1 Å². The maximum Gasteiger partial charge on any atom is 0.274 e. The van der Waals surface area contributed by atoms with E-state index in [-0.39, 0.29) is 18.1 Å². The first kappa shape index (κ1) is 21.3. The van der Waals surface area contributed by atoms with Crippen LogP contribution in [0, 0.1) is 13.8 Å². The Morgan fingerprint density at radius 2 is 1.72 bits per heavy atom. The number of fused-ring (bicyclic) bond motifs is 1. The van der Waals surface area contributed by atoms with Gasteiger partial charge in [0.1, 0.15) is 5.75 Å². The lowest BCUT2D eigenvalue weighted by molar-refractivity contribution is -0.123. The fourth-order valence-electron chi connectivity index (χ4n) is 3.55. The highest BCUT2D eigenvalue weighted by atomic mass is 16.5. The Kier molecular flexibility index (Phi) is 6.03. The first-order chi connectivity index (χ1) is 15.4. The zero-order valence-electron chi connectivity index (χ0n) is 18.4. The number of nitrogens with one attached hydrogen (secondary N) is 1. The number of ether oxygens (including phenoxy) is 1. The van der Waals surface area contributed by atoms with Crippen molar-refractivity contribution in [3.8, 4) is 17.0 Å². The summed E-state index contributed by atoms with van der Waals surface area (Å²) in [4.78, 5) is 24.7. The molecule has 1 aromatic heterocycles. The molecule has 1 heterocycles. The molecule has 3 aromatic carbocycles. The topological polar surface area (TPSA) is 73.2 Å². The van der Waals surface area contributed by atoms with Crippen molar-refractivity contribution < 1.29 is 9.53 Å². The van der Waals surface area contributed by atoms with E-state index >= 15 is 0 Å². The molecule has 1 N–H and O–H groups in total. The third-order valence-corrected chi connectivity index (χ3v) is 5.45. The molecule has 0 aliphatic rings. The predicted octanol–water partition coefficient (Wildman–Crippen LogP) is 3.91. The second kappa shape index (κ2) is 9.06. The Labute approximate surface area is 186 Å². The number of aromatic nitrogens is 2. The van der Waals surface area contributed by atoms with Crippen molar-refractivity contribution in [2.75, 3.05) is 6.61 Å². The van der Waals surface area contributed by atoms with Gasteiger partial charge in [-0.1, -0.05) is 48.0 Å². The van der Waals surface area contributed by atoms with Gasteiger partial charge in [-0.15, -0.1) is 0 Å². The first-order valence-electron chi connectivity index (χ1n) is 10.4. The van der Waals surface area contributed by atoms with Crippen molar-refractivity contribution in [3.05, 3.63) is 93.8 Å². The van der Waals surface area contributed by atoms with E-state index in [4.69, 9.17) is 4.74 Å². The smallest absolute Gasteiger partial charge is 0.274 e. The second-order valence-electron chi connectivity index (χ2n) is 7.84. The molecular weight excluding hydrogens is 402 g/mol. The molecule has 6 heteroatoms. The van der Waals surface area contributed by atoms with Crippen LogP contribution in [-0.4, -0.2) is 22.3 Å². The minimum absolute atomic E-state index is 0.0468. The summed E-state index contributed by atoms with van der Waals surface area (Å²) in [5.41, 5.74) is 4.67. The van der Waals surface area contributed by atoms with Crippen molar-refractivity contribution in [1.29, 1.82) is 0 Å². The molecule has 0 atom stereocenters. The standard InChI is InChI=1S/C26H25N3O3/c1-17-8-12-21(13-9-17)32-16-24(30)27-15-20-14-19(11-10-18(20)2)25-22-6-4-5-7-23(22)26(31)29(3)28-25/h4-14H,15-16H2,1-3H3,(H,27,30). The van der Waals surface area contributed by atoms with Gasteiger partial charge in [-0.25, -0.2) is 4.68 Å². The number of aryl methyl sites for hydroxylation is 3. The van der Waals surface area contributed by atoms with Crippen molar-refractivity contribution >= 4 is 16.7 Å². The highest BCUT2D eigenvalue weighted by molar-refractivity contribution is 5.93. The lowest BCUT2D eigenvalue weighted by atomic mass is 10.00. The third-order valence-electron chi connectivity index (χ3n) is 5.45. The summed E-state index contributed by atoms with van der Waals surface area (Å²) >= 11 is 0. The van der Waals surface area contributed by atoms with E-state index in [9.17, 15) is 9.59 Å². The molecule has 6 nitrogen and oxygen atoms in total. The first-order valence-corrected chi connectivity index (χ1v) is 10.4. The number of carbonyl (C=O) groups excluding carboxylic acids is 1. The predicted molar refractivity (Wildman–Crippen MR) is 126 cm³/mol. The van der Waals surface area contributed by atoms with E-state index in [0.29, 0.717) is 17.7 Å². The van der Waals surface area contributed by atoms with Crippen LogP contribution in [0.5, 0.6) is 5.75 Å². The Morgan fingerprint density at radius 1 is 1.00 bits per heavy atom. The molecular formula is C26H25N3O3. The summed E-state index contributed by atoms with van der Waals surface area (Å²) in [6.45, 7) is 4.33. The van der Waals surface area contributed by atoms with Gasteiger partial charge in [-0.3, -0.25) is 9.59 Å². The van der Waals surface area contributed by atoms with Crippen LogP contribution in [0.15, 0.2) is 71.5 Å². The zero-order chi connectivity index (χ0) is 22.7. The van der Waals surface area contributed by atoms with E-state index < -0.39 is 0 Å². The van der Waals surface area contributed by atoms with Gasteiger partial charge in [0, 0.05) is 24.5 Å². The molecule has 0 aliphatic heterocycles. The Bertz CT molecular complexity index is 1340. The largest absolute Gasteiger partial charge is 0.484 e. The van der Waals surface area contributed by atoms with Gasteiger partial charge in [-0.2, -0.15) is 5.10 Å². The number of nitrogens with zero attached hydrogens (tertiary/aromatic N) is 2. The quantitative estimate of drug-likeness (QED) is 0.506. The summed E-state index contributed by atoms with van der Waals surface area (Å²) in [5.74, 6) is 0.470. The lowest BCUT2D eigenvalue weighted by Gasteiger charge is -2.13. The summed E-state index contributed by atoms with van der Waals surface area (Å²) < 4.78 is 6.92. The molecule has 0 spiro atoms. The highest BCUT2D eigenvalue weighted by Gasteiger charge is 2.12. The molecule has 0 aliphatic carbocycles. The van der Waals surface area contributed by atoms with Crippen molar-refractivity contribution in [3.63, 3.8) is 0 Å². The van der Waals surface area contributed by atoms with E-state index in [2.05, 4.69) is 10.4 Å². The average molecular weight is 428 g/mol. The summed E-state index contributed by atoms with van der Waals surface area (Å²) in [7, 11) is 1.65. The van der Waals surface area contributed by atoms with Crippen LogP contribution in [0.1, 0.15) is 16.7 Å². The van der Waals surface area contributed by atoms with Gasteiger partial charge in [0.2, 0.25) is 0 Å². The lowest BCUT2D eigenvalue weighted by Crippen LogP contribution is -2.28. The van der Waals surface area contributed by atoms with Crippen LogP contribution in [0.25, 0.3) is 22.0 Å². The summed E-state index contributed by atoms with van der Waals surface area (Å²) in [6.07, 6.45) is 0. The van der Waals surface area contributed by atoms with Crippen molar-refractivity contribution in [2.24, 2.45) is 7.05 Å². The van der Waals surface area contributed by atoms with Gasteiger partial charge in [-0.05, 0) is 49.2 Å². The van der Waals surface area contributed by atoms with Gasteiger partial charge in [0.15, 0.2) is 6.61 Å². The second-order valence-corrected chi connectivity index (χ2v) is 7.84. The summed E-state index contributed by atoms with van der Waals surface area (Å²) in [5, 5.41) is 8.86. The molecule has 4 aromatic rings. The van der Waals surface area contributed by atoms with E-state index in [1.165, 1.54) is 4.68 Å². The highest BCUT2D eigenvalue weighted by Crippen LogP contribution is 2.26. The average Bonchev–Trinajstić information content (AvgIpc) is 2.80. The summed E-state index contributed by atoms with van der Waals surface area (Å²) in [6, 6.07) is 21.0. The van der Waals surface area contributed by atoms with E-state index in [1.807, 2.05) is 80.6 Å². The number of rotatable bonds is 6. The number of carbonyl (C=O) groups is 1. The molecule has 0 saturated heterocycles. The Morgan fingerprint density at radius 3 is 2.47 bits per heavy atom. The fraction of sp³-hybridized carbons (Fsp3) is 0.192. The minimum Gasteiger partial charge on any atom is -0.484 e. The molecule has 0 fully saturated rings. The fourth-order valence-corrected chi connectivity index (χ4v) is 3.55. The Hall–Kier alpha value is -3.93. The monoisotopic (exact) mass is 427 g/mol. The van der Waals surface area contributed by atoms with Crippen LogP contribution in [0.2, 0.25) is 0 Å². The van der Waals surface area contributed by atoms with Crippen LogP contribution < -0.4 is 15.6 Å².